The number of rotatable bonds is 9. The van der Waals surface area contributed by atoms with Gasteiger partial charge in [0.2, 0.25) is 11.8 Å². The van der Waals surface area contributed by atoms with Crippen LogP contribution in [-0.2, 0) is 16.0 Å². The molecule has 1 aliphatic heterocycles. The van der Waals surface area contributed by atoms with Gasteiger partial charge in [-0.15, -0.1) is 0 Å². The van der Waals surface area contributed by atoms with Crippen LogP contribution < -0.4 is 20.1 Å². The summed E-state index contributed by atoms with van der Waals surface area (Å²) < 4.78 is 17.6. The normalized spacial score (nSPS) is 18.0. The number of ether oxygens (including phenoxy) is 3. The largest absolute Gasteiger partial charge is 0.490 e. The third-order valence-corrected chi connectivity index (χ3v) is 8.20. The van der Waals surface area contributed by atoms with Crippen molar-refractivity contribution < 1.29 is 33.7 Å². The SMILES string of the molecule is O=C(Cc1ccc(Oc2ccc3cc(OC4CCC(NC(=O)N5CCOCC5)CC4)ccc3c2)nc1)Nc1ccccc1C(=O)O. The number of para-hydroxylation sites is 1. The number of morpholine rings is 1. The van der Waals surface area contributed by atoms with Crippen molar-refractivity contribution in [1.29, 1.82) is 0 Å². The molecule has 1 aromatic heterocycles. The van der Waals surface area contributed by atoms with Crippen LogP contribution in [0.5, 0.6) is 17.4 Å². The highest BCUT2D eigenvalue weighted by Crippen LogP contribution is 2.30. The molecule has 11 heteroatoms. The molecule has 0 spiro atoms. The predicted octanol–water partition coefficient (Wildman–Crippen LogP) is 5.64. The number of aromatic carboxylic acids is 1. The Hall–Kier alpha value is -5.16. The molecule has 0 bridgehead atoms. The van der Waals surface area contributed by atoms with Crippen LogP contribution in [0.15, 0.2) is 79.0 Å². The molecule has 0 radical (unpaired) electrons. The highest BCUT2D eigenvalue weighted by Gasteiger charge is 2.26. The van der Waals surface area contributed by atoms with Crippen LogP contribution in [0.3, 0.4) is 0 Å². The summed E-state index contributed by atoms with van der Waals surface area (Å²) in [6, 6.07) is 21.7. The van der Waals surface area contributed by atoms with E-state index in [9.17, 15) is 19.5 Å². The van der Waals surface area contributed by atoms with E-state index in [4.69, 9.17) is 14.2 Å². The van der Waals surface area contributed by atoms with Crippen molar-refractivity contribution >= 4 is 34.4 Å². The molecule has 2 heterocycles. The Morgan fingerprint density at radius 1 is 0.891 bits per heavy atom. The molecule has 1 saturated carbocycles. The lowest BCUT2D eigenvalue weighted by Crippen LogP contribution is -2.50. The standard InChI is InChI=1S/C35H36N4O7/c40-32(38-31-4-2-1-3-30(31)34(41)42)19-23-5-14-33(36-22-23)46-29-11-7-24-20-28(10-6-25(24)21-29)45-27-12-8-26(9-13-27)37-35(43)39-15-17-44-18-16-39/h1-7,10-11,14,20-22,26-27H,8-9,12-13,15-19H2,(H,37,43)(H,38,40)(H,41,42). The molecular formula is C35H36N4O7. The molecule has 1 saturated heterocycles. The molecule has 0 unspecified atom stereocenters. The molecule has 46 heavy (non-hydrogen) atoms. The van der Waals surface area contributed by atoms with E-state index in [2.05, 4.69) is 15.6 Å². The van der Waals surface area contributed by atoms with E-state index in [0.717, 1.165) is 42.2 Å². The molecule has 6 rings (SSSR count). The van der Waals surface area contributed by atoms with Crippen molar-refractivity contribution in [2.45, 2.75) is 44.2 Å². The van der Waals surface area contributed by atoms with Gasteiger partial charge in [0.25, 0.3) is 0 Å². The molecule has 11 nitrogen and oxygen atoms in total. The molecule has 2 fully saturated rings. The summed E-state index contributed by atoms with van der Waals surface area (Å²) in [6.07, 6.45) is 5.25. The summed E-state index contributed by atoms with van der Waals surface area (Å²) in [5.74, 6) is 0.374. The van der Waals surface area contributed by atoms with E-state index in [1.807, 2.05) is 41.3 Å². The summed E-state index contributed by atoms with van der Waals surface area (Å²) in [5.41, 5.74) is 0.939. The zero-order valence-electron chi connectivity index (χ0n) is 25.3. The van der Waals surface area contributed by atoms with Gasteiger partial charge in [0, 0.05) is 31.4 Å². The Kier molecular flexibility index (Phi) is 9.59. The number of pyridine rings is 1. The number of amides is 3. The highest BCUT2D eigenvalue weighted by molar-refractivity contribution is 6.01. The number of benzene rings is 3. The van der Waals surface area contributed by atoms with Gasteiger partial charge in [-0.05, 0) is 78.4 Å². The molecule has 4 aromatic rings. The maximum Gasteiger partial charge on any atom is 0.337 e. The number of nitrogens with one attached hydrogen (secondary N) is 2. The van der Waals surface area contributed by atoms with Gasteiger partial charge in [0.15, 0.2) is 0 Å². The number of anilines is 1. The number of urea groups is 1. The van der Waals surface area contributed by atoms with Crippen molar-refractivity contribution in [3.8, 4) is 17.4 Å². The van der Waals surface area contributed by atoms with E-state index in [1.54, 1.807) is 36.5 Å². The Morgan fingerprint density at radius 3 is 2.33 bits per heavy atom. The fourth-order valence-corrected chi connectivity index (χ4v) is 5.74. The lowest BCUT2D eigenvalue weighted by atomic mass is 9.93. The van der Waals surface area contributed by atoms with Gasteiger partial charge in [-0.25, -0.2) is 14.6 Å². The van der Waals surface area contributed by atoms with Gasteiger partial charge in [-0.2, -0.15) is 0 Å². The third-order valence-electron chi connectivity index (χ3n) is 8.20. The number of carbonyl (C=O) groups excluding carboxylic acids is 2. The number of aromatic nitrogens is 1. The van der Waals surface area contributed by atoms with Gasteiger partial charge in [-0.1, -0.05) is 30.3 Å². The van der Waals surface area contributed by atoms with E-state index >= 15 is 0 Å². The van der Waals surface area contributed by atoms with E-state index in [-0.39, 0.29) is 41.8 Å². The minimum Gasteiger partial charge on any atom is -0.490 e. The third kappa shape index (κ3) is 7.91. The summed E-state index contributed by atoms with van der Waals surface area (Å²) in [7, 11) is 0. The zero-order chi connectivity index (χ0) is 31.9. The summed E-state index contributed by atoms with van der Waals surface area (Å²) >= 11 is 0. The molecular weight excluding hydrogens is 588 g/mol. The van der Waals surface area contributed by atoms with Crippen molar-refractivity contribution in [3.05, 3.63) is 90.1 Å². The number of carboxylic acid groups (broad SMARTS) is 1. The first-order valence-corrected chi connectivity index (χ1v) is 15.5. The summed E-state index contributed by atoms with van der Waals surface area (Å²) in [4.78, 5) is 42.5. The van der Waals surface area contributed by atoms with E-state index in [0.29, 0.717) is 43.5 Å². The Morgan fingerprint density at radius 2 is 1.61 bits per heavy atom. The zero-order valence-corrected chi connectivity index (χ0v) is 25.3. The Bertz CT molecular complexity index is 1700. The molecule has 3 N–H and O–H groups in total. The smallest absolute Gasteiger partial charge is 0.337 e. The number of hydrogen-bond acceptors (Lipinski definition) is 7. The first-order valence-electron chi connectivity index (χ1n) is 15.5. The molecule has 0 atom stereocenters. The quantitative estimate of drug-likeness (QED) is 0.218. The molecule has 238 valence electrons. The first kappa shape index (κ1) is 30.8. The van der Waals surface area contributed by atoms with Crippen LogP contribution >= 0.6 is 0 Å². The first-order chi connectivity index (χ1) is 22.4. The average Bonchev–Trinajstić information content (AvgIpc) is 3.07. The van der Waals surface area contributed by atoms with Crippen molar-refractivity contribution in [3.63, 3.8) is 0 Å². The Labute approximate surface area is 266 Å². The van der Waals surface area contributed by atoms with Gasteiger partial charge >= 0.3 is 12.0 Å². The second kappa shape index (κ2) is 14.3. The van der Waals surface area contributed by atoms with E-state index in [1.165, 1.54) is 6.07 Å². The topological polar surface area (TPSA) is 139 Å². The lowest BCUT2D eigenvalue weighted by Gasteiger charge is -2.33. The van der Waals surface area contributed by atoms with Gasteiger partial charge < -0.3 is 34.9 Å². The van der Waals surface area contributed by atoms with Crippen molar-refractivity contribution in [2.24, 2.45) is 0 Å². The lowest BCUT2D eigenvalue weighted by molar-refractivity contribution is -0.115. The van der Waals surface area contributed by atoms with Crippen LogP contribution in [0.2, 0.25) is 0 Å². The second-order valence-corrected chi connectivity index (χ2v) is 11.5. The summed E-state index contributed by atoms with van der Waals surface area (Å²) in [6.45, 7) is 2.47. The monoisotopic (exact) mass is 624 g/mol. The second-order valence-electron chi connectivity index (χ2n) is 11.5. The number of carbonyl (C=O) groups is 3. The number of carboxylic acids is 1. The van der Waals surface area contributed by atoms with Gasteiger partial charge in [-0.3, -0.25) is 4.79 Å². The number of hydrogen-bond donors (Lipinski definition) is 3. The van der Waals surface area contributed by atoms with Crippen LogP contribution in [0.25, 0.3) is 10.8 Å². The van der Waals surface area contributed by atoms with Crippen LogP contribution in [0, 0.1) is 0 Å². The fourth-order valence-electron chi connectivity index (χ4n) is 5.74. The Balaban J connectivity index is 0.984. The van der Waals surface area contributed by atoms with Crippen LogP contribution in [0.1, 0.15) is 41.6 Å². The summed E-state index contributed by atoms with van der Waals surface area (Å²) in [5, 5.41) is 17.2. The maximum absolute atomic E-state index is 12.5. The minimum absolute atomic E-state index is 0.000823. The van der Waals surface area contributed by atoms with E-state index < -0.39 is 5.97 Å². The molecule has 1 aliphatic carbocycles. The molecule has 3 aromatic carbocycles. The van der Waals surface area contributed by atoms with Gasteiger partial charge in [0.1, 0.15) is 11.5 Å². The molecule has 3 amide bonds. The minimum atomic E-state index is -1.11. The van der Waals surface area contributed by atoms with Crippen molar-refractivity contribution in [2.75, 3.05) is 31.6 Å². The van der Waals surface area contributed by atoms with Gasteiger partial charge in [0.05, 0.1) is 37.0 Å². The number of nitrogens with zero attached hydrogens (tertiary/aromatic N) is 2. The van der Waals surface area contributed by atoms with Crippen molar-refractivity contribution in [1.82, 2.24) is 15.2 Å². The van der Waals surface area contributed by atoms with Crippen LogP contribution in [-0.4, -0.2) is 71.3 Å². The average molecular weight is 625 g/mol. The highest BCUT2D eigenvalue weighted by atomic mass is 16.5. The predicted molar refractivity (Wildman–Crippen MR) is 172 cm³/mol. The molecule has 2 aliphatic rings. The van der Waals surface area contributed by atoms with Crippen LogP contribution in [0.4, 0.5) is 10.5 Å². The fraction of sp³-hybridized carbons (Fsp3) is 0.314. The maximum atomic E-state index is 12.5. The number of fused-ring (bicyclic) bond motifs is 1.